The van der Waals surface area contributed by atoms with Gasteiger partial charge in [-0.3, -0.25) is 9.48 Å². The zero-order valence-corrected chi connectivity index (χ0v) is 15.7. The van der Waals surface area contributed by atoms with E-state index in [0.29, 0.717) is 18.3 Å². The molecule has 3 aromatic rings. The lowest BCUT2D eigenvalue weighted by Gasteiger charge is -2.15. The van der Waals surface area contributed by atoms with Crippen molar-refractivity contribution < 1.29 is 4.79 Å². The van der Waals surface area contributed by atoms with Crippen LogP contribution in [0.25, 0.3) is 0 Å². The number of rotatable bonds is 7. The normalized spacial score (nSPS) is 10.6. The molecule has 0 atom stereocenters. The van der Waals surface area contributed by atoms with Crippen molar-refractivity contribution in [3.8, 4) is 0 Å². The van der Waals surface area contributed by atoms with E-state index in [4.69, 9.17) is 5.73 Å². The predicted molar refractivity (Wildman–Crippen MR) is 105 cm³/mol. The second-order valence-electron chi connectivity index (χ2n) is 6.27. The molecule has 1 amide bonds. The number of benzene rings is 1. The molecule has 2 aromatic heterocycles. The van der Waals surface area contributed by atoms with E-state index in [2.05, 4.69) is 51.7 Å². The Kier molecular flexibility index (Phi) is 5.35. The van der Waals surface area contributed by atoms with Crippen LogP contribution in [0, 0.1) is 6.92 Å². The van der Waals surface area contributed by atoms with Gasteiger partial charge in [0.1, 0.15) is 5.82 Å². The Bertz CT molecular complexity index is 964. The van der Waals surface area contributed by atoms with Gasteiger partial charge in [0.2, 0.25) is 5.95 Å². The van der Waals surface area contributed by atoms with Gasteiger partial charge in [0.15, 0.2) is 0 Å². The average Bonchev–Trinajstić information content (AvgIpc) is 3.05. The maximum atomic E-state index is 11.8. The maximum absolute atomic E-state index is 11.8. The van der Waals surface area contributed by atoms with E-state index >= 15 is 0 Å². The van der Waals surface area contributed by atoms with E-state index in [1.807, 2.05) is 13.1 Å². The van der Waals surface area contributed by atoms with Crippen molar-refractivity contribution in [2.45, 2.75) is 26.8 Å². The van der Waals surface area contributed by atoms with Crippen LogP contribution in [0.4, 0.5) is 17.5 Å². The SMILES string of the molecule is CCc1cccc(C)c1CNc1nc(Nc2cnn(C)c2)ncc1C(N)=O. The number of aryl methyl sites for hydroxylation is 3. The van der Waals surface area contributed by atoms with Crippen LogP contribution >= 0.6 is 0 Å². The molecule has 0 saturated heterocycles. The number of anilines is 3. The van der Waals surface area contributed by atoms with Crippen molar-refractivity contribution in [3.05, 3.63) is 59.0 Å². The van der Waals surface area contributed by atoms with Crippen molar-refractivity contribution in [2.75, 3.05) is 10.6 Å². The van der Waals surface area contributed by atoms with E-state index in [0.717, 1.165) is 12.1 Å². The van der Waals surface area contributed by atoms with Gasteiger partial charge in [0.05, 0.1) is 17.4 Å². The van der Waals surface area contributed by atoms with Crippen molar-refractivity contribution in [1.82, 2.24) is 19.7 Å². The molecule has 27 heavy (non-hydrogen) atoms. The van der Waals surface area contributed by atoms with Crippen LogP contribution in [0.2, 0.25) is 0 Å². The van der Waals surface area contributed by atoms with Crippen LogP contribution in [0.1, 0.15) is 34.0 Å². The highest BCUT2D eigenvalue weighted by Crippen LogP contribution is 2.20. The van der Waals surface area contributed by atoms with Gasteiger partial charge in [-0.25, -0.2) is 4.98 Å². The van der Waals surface area contributed by atoms with Crippen LogP contribution in [0.3, 0.4) is 0 Å². The molecule has 2 heterocycles. The predicted octanol–water partition coefficient (Wildman–Crippen LogP) is 2.54. The maximum Gasteiger partial charge on any atom is 0.254 e. The van der Waals surface area contributed by atoms with E-state index in [1.54, 1.807) is 17.1 Å². The van der Waals surface area contributed by atoms with Crippen LogP contribution in [0.15, 0.2) is 36.8 Å². The number of nitrogens with zero attached hydrogens (tertiary/aromatic N) is 4. The van der Waals surface area contributed by atoms with E-state index in [-0.39, 0.29) is 5.56 Å². The molecule has 0 saturated carbocycles. The van der Waals surface area contributed by atoms with Gasteiger partial charge < -0.3 is 16.4 Å². The largest absolute Gasteiger partial charge is 0.365 e. The summed E-state index contributed by atoms with van der Waals surface area (Å²) in [5.74, 6) is 0.177. The molecule has 8 heteroatoms. The minimum absolute atomic E-state index is 0.248. The summed E-state index contributed by atoms with van der Waals surface area (Å²) in [6.45, 7) is 4.73. The number of hydrogen-bond acceptors (Lipinski definition) is 6. The number of carbonyl (C=O) groups is 1. The first-order chi connectivity index (χ1) is 13.0. The third-order valence-electron chi connectivity index (χ3n) is 4.34. The molecule has 0 radical (unpaired) electrons. The Labute approximate surface area is 157 Å². The molecule has 0 aliphatic carbocycles. The van der Waals surface area contributed by atoms with Gasteiger partial charge in [-0.1, -0.05) is 25.1 Å². The van der Waals surface area contributed by atoms with Gasteiger partial charge >= 0.3 is 0 Å². The lowest BCUT2D eigenvalue weighted by atomic mass is 10.00. The number of nitrogens with one attached hydrogen (secondary N) is 2. The standard InChI is InChI=1S/C19H23N7O/c1-4-13-7-5-6-12(2)15(13)9-21-18-16(17(20)27)10-22-19(25-18)24-14-8-23-26(3)11-14/h5-8,10-11H,4,9H2,1-3H3,(H2,20,27)(H2,21,22,24,25). The number of aromatic nitrogens is 4. The topological polar surface area (TPSA) is 111 Å². The number of hydrogen-bond donors (Lipinski definition) is 3. The van der Waals surface area contributed by atoms with Crippen LogP contribution in [0.5, 0.6) is 0 Å². The van der Waals surface area contributed by atoms with E-state index < -0.39 is 5.91 Å². The average molecular weight is 365 g/mol. The summed E-state index contributed by atoms with van der Waals surface area (Å²) in [4.78, 5) is 20.4. The van der Waals surface area contributed by atoms with Crippen molar-refractivity contribution in [2.24, 2.45) is 12.8 Å². The van der Waals surface area contributed by atoms with Crippen molar-refractivity contribution >= 4 is 23.4 Å². The summed E-state index contributed by atoms with van der Waals surface area (Å²) in [6, 6.07) is 6.22. The number of amides is 1. The Morgan fingerprint density at radius 2 is 2.11 bits per heavy atom. The third kappa shape index (κ3) is 4.22. The second-order valence-corrected chi connectivity index (χ2v) is 6.27. The summed E-state index contributed by atoms with van der Waals surface area (Å²) in [6.07, 6.45) is 5.83. The van der Waals surface area contributed by atoms with Gasteiger partial charge in [0, 0.05) is 26.0 Å². The number of carbonyl (C=O) groups excluding carboxylic acids is 1. The Balaban J connectivity index is 1.86. The zero-order chi connectivity index (χ0) is 19.4. The molecule has 0 bridgehead atoms. The summed E-state index contributed by atoms with van der Waals surface area (Å²) < 4.78 is 1.67. The Morgan fingerprint density at radius 3 is 2.78 bits per heavy atom. The van der Waals surface area contributed by atoms with Crippen LogP contribution < -0.4 is 16.4 Å². The lowest BCUT2D eigenvalue weighted by Crippen LogP contribution is -2.17. The molecule has 0 spiro atoms. The van der Waals surface area contributed by atoms with Crippen molar-refractivity contribution in [3.63, 3.8) is 0 Å². The summed E-state index contributed by atoms with van der Waals surface area (Å²) in [7, 11) is 1.82. The first-order valence-electron chi connectivity index (χ1n) is 8.71. The molecule has 0 aliphatic heterocycles. The highest BCUT2D eigenvalue weighted by molar-refractivity contribution is 5.97. The lowest BCUT2D eigenvalue weighted by molar-refractivity contribution is 0.100. The second kappa shape index (κ2) is 7.86. The molecule has 1 aromatic carbocycles. The third-order valence-corrected chi connectivity index (χ3v) is 4.34. The highest BCUT2D eigenvalue weighted by atomic mass is 16.1. The molecule has 0 unspecified atom stereocenters. The molecule has 3 rings (SSSR count). The molecular weight excluding hydrogens is 342 g/mol. The van der Waals surface area contributed by atoms with Crippen molar-refractivity contribution in [1.29, 1.82) is 0 Å². The van der Waals surface area contributed by atoms with E-state index in [9.17, 15) is 4.79 Å². The minimum Gasteiger partial charge on any atom is -0.365 e. The Morgan fingerprint density at radius 1 is 1.30 bits per heavy atom. The fourth-order valence-corrected chi connectivity index (χ4v) is 2.89. The van der Waals surface area contributed by atoms with Gasteiger partial charge in [-0.2, -0.15) is 10.1 Å². The van der Waals surface area contributed by atoms with E-state index in [1.165, 1.54) is 22.9 Å². The molecule has 0 fully saturated rings. The molecule has 8 nitrogen and oxygen atoms in total. The van der Waals surface area contributed by atoms with Crippen LogP contribution in [-0.2, 0) is 20.0 Å². The molecule has 140 valence electrons. The van der Waals surface area contributed by atoms with Gasteiger partial charge in [-0.05, 0) is 30.0 Å². The number of nitrogens with two attached hydrogens (primary N) is 1. The quantitative estimate of drug-likeness (QED) is 0.593. The molecule has 4 N–H and O–H groups in total. The summed E-state index contributed by atoms with van der Waals surface area (Å²) in [5.41, 5.74) is 10.1. The zero-order valence-electron chi connectivity index (χ0n) is 15.7. The summed E-state index contributed by atoms with van der Waals surface area (Å²) >= 11 is 0. The van der Waals surface area contributed by atoms with Gasteiger partial charge in [0.25, 0.3) is 5.91 Å². The number of primary amides is 1. The first-order valence-corrected chi connectivity index (χ1v) is 8.71. The van der Waals surface area contributed by atoms with Gasteiger partial charge in [-0.15, -0.1) is 0 Å². The summed E-state index contributed by atoms with van der Waals surface area (Å²) in [5, 5.41) is 10.4. The monoisotopic (exact) mass is 365 g/mol. The molecule has 0 aliphatic rings. The fraction of sp³-hybridized carbons (Fsp3) is 0.263. The smallest absolute Gasteiger partial charge is 0.254 e. The van der Waals surface area contributed by atoms with Crippen LogP contribution in [-0.4, -0.2) is 25.7 Å². The Hall–Kier alpha value is -3.42. The first kappa shape index (κ1) is 18.4. The highest BCUT2D eigenvalue weighted by Gasteiger charge is 2.14. The molecular formula is C19H23N7O. The fourth-order valence-electron chi connectivity index (χ4n) is 2.89. The minimum atomic E-state index is -0.578.